The highest BCUT2D eigenvalue weighted by molar-refractivity contribution is 5.98. The molecule has 2 atom stereocenters. The van der Waals surface area contributed by atoms with Gasteiger partial charge in [0.05, 0.1) is 43.5 Å². The second-order valence-corrected chi connectivity index (χ2v) is 23.3. The van der Waals surface area contributed by atoms with E-state index in [2.05, 4.69) is 24.5 Å². The molecule has 6 aromatic carbocycles. The summed E-state index contributed by atoms with van der Waals surface area (Å²) in [7, 11) is 2.88. The first kappa shape index (κ1) is 71.3. The lowest BCUT2D eigenvalue weighted by molar-refractivity contribution is -0.384. The number of methoxy groups -OCH3 is 2. The Bertz CT molecular complexity index is 3300. The Morgan fingerprint density at radius 1 is 0.478 bits per heavy atom. The molecule has 0 saturated heterocycles. The molecule has 0 radical (unpaired) electrons. The van der Waals surface area contributed by atoms with E-state index in [1.807, 2.05) is 0 Å². The summed E-state index contributed by atoms with van der Waals surface area (Å²) in [6.45, 7) is 16.0. The molecule has 20 nitrogen and oxygen atoms in total. The lowest BCUT2D eigenvalue weighted by Gasteiger charge is -2.25. The minimum atomic E-state index is -1.10. The third-order valence-corrected chi connectivity index (χ3v) is 13.5. The maximum absolute atomic E-state index is 13.1. The van der Waals surface area contributed by atoms with E-state index in [4.69, 9.17) is 43.6 Å². The summed E-state index contributed by atoms with van der Waals surface area (Å²) in [4.78, 5) is 88.2. The zero-order chi connectivity index (χ0) is 65.8. The van der Waals surface area contributed by atoms with Crippen molar-refractivity contribution >= 4 is 47.1 Å². The Balaban J connectivity index is 0.000000328. The zero-order valence-electron chi connectivity index (χ0n) is 53.3. The number of nitrogens with two attached hydrogens (primary N) is 1. The molecule has 0 aliphatic rings. The molecule has 0 fully saturated rings. The number of carbonyl (C=O) groups excluding carboxylic acids is 6. The van der Waals surface area contributed by atoms with Crippen LogP contribution in [-0.2, 0) is 31.9 Å². The summed E-state index contributed by atoms with van der Waals surface area (Å²) in [6, 6.07) is 32.6. The van der Waals surface area contributed by atoms with E-state index in [1.54, 1.807) is 151 Å². The minimum absolute atomic E-state index is 0.0261. The SMILES string of the molecule is CCCCCCCOc1ccc(C(=O)Oc2ccc(CC(NC(=O)c3ccc(N)cc3)C(=O)OC(C)(C)C)cc2OC)cc1.CCCCCCCOc1ccc(C(=O)Oc2ccc(CC(NC(=O)c3ccc([N+](=O)[O-])cc3)C(=O)OC(C)(C)C)cc2OC)cc1. The molecular formula is C70H86N4O16. The first-order chi connectivity index (χ1) is 42.9. The summed E-state index contributed by atoms with van der Waals surface area (Å²) in [5.41, 5.74) is 6.96. The molecular weight excluding hydrogens is 1150 g/mol. The largest absolute Gasteiger partial charge is 0.494 e. The van der Waals surface area contributed by atoms with Crippen molar-refractivity contribution in [2.24, 2.45) is 0 Å². The minimum Gasteiger partial charge on any atom is -0.494 e. The van der Waals surface area contributed by atoms with E-state index >= 15 is 0 Å². The molecule has 0 bridgehead atoms. The van der Waals surface area contributed by atoms with E-state index in [9.17, 15) is 38.9 Å². The highest BCUT2D eigenvalue weighted by Gasteiger charge is 2.30. The van der Waals surface area contributed by atoms with Crippen LogP contribution in [-0.4, -0.2) is 91.3 Å². The number of nitrogens with one attached hydrogen (secondary N) is 2. The van der Waals surface area contributed by atoms with E-state index in [0.29, 0.717) is 64.0 Å². The van der Waals surface area contributed by atoms with E-state index in [0.717, 1.165) is 25.7 Å². The topological polar surface area (TPSA) is 269 Å². The number of ether oxygens (including phenoxy) is 8. The number of nitro benzene ring substituents is 1. The Kier molecular flexibility index (Phi) is 28.1. The van der Waals surface area contributed by atoms with E-state index in [-0.39, 0.29) is 41.3 Å². The van der Waals surface area contributed by atoms with Crippen LogP contribution in [0.15, 0.2) is 133 Å². The van der Waals surface area contributed by atoms with Crippen molar-refractivity contribution in [2.45, 2.75) is 156 Å². The van der Waals surface area contributed by atoms with Crippen LogP contribution < -0.4 is 44.8 Å². The van der Waals surface area contributed by atoms with Crippen molar-refractivity contribution in [1.82, 2.24) is 10.6 Å². The maximum Gasteiger partial charge on any atom is 0.343 e. The number of amides is 2. The van der Waals surface area contributed by atoms with Crippen LogP contribution in [0.3, 0.4) is 0 Å². The van der Waals surface area contributed by atoms with Crippen molar-refractivity contribution in [3.05, 3.63) is 177 Å². The summed E-state index contributed by atoms with van der Waals surface area (Å²) >= 11 is 0. The third kappa shape index (κ3) is 24.6. The fourth-order valence-electron chi connectivity index (χ4n) is 8.79. The summed E-state index contributed by atoms with van der Waals surface area (Å²) < 4.78 is 44.9. The van der Waals surface area contributed by atoms with Crippen molar-refractivity contribution in [1.29, 1.82) is 0 Å². The molecule has 2 unspecified atom stereocenters. The van der Waals surface area contributed by atoms with Gasteiger partial charge in [-0.25, -0.2) is 19.2 Å². The Hall–Kier alpha value is -9.46. The lowest BCUT2D eigenvalue weighted by Crippen LogP contribution is -2.45. The summed E-state index contributed by atoms with van der Waals surface area (Å²) in [5, 5.41) is 16.4. The van der Waals surface area contributed by atoms with Crippen molar-refractivity contribution in [3.8, 4) is 34.5 Å². The molecule has 4 N–H and O–H groups in total. The van der Waals surface area contributed by atoms with Gasteiger partial charge in [0, 0.05) is 41.8 Å². The average molecular weight is 1240 g/mol. The number of benzene rings is 6. The quantitative estimate of drug-likeness (QED) is 0.00911. The van der Waals surface area contributed by atoms with Crippen LogP contribution in [0.5, 0.6) is 34.5 Å². The summed E-state index contributed by atoms with van der Waals surface area (Å²) in [6.07, 6.45) is 11.6. The van der Waals surface area contributed by atoms with Gasteiger partial charge in [-0.15, -0.1) is 0 Å². The van der Waals surface area contributed by atoms with Crippen molar-refractivity contribution < 1.29 is 71.6 Å². The van der Waals surface area contributed by atoms with Crippen LogP contribution >= 0.6 is 0 Å². The number of non-ortho nitro benzene ring substituents is 1. The molecule has 0 heterocycles. The monoisotopic (exact) mass is 1240 g/mol. The van der Waals surface area contributed by atoms with E-state index in [1.165, 1.54) is 77.0 Å². The standard InChI is InChI=1S/C35H42N2O9.C35H44N2O7/c1-6-7-8-9-10-21-44-28-18-14-26(15-19-28)33(39)45-30-20-11-24(23-31(30)43-5)22-29(34(40)46-35(2,3)4)36-32(38)25-12-16-27(17-13-25)37(41)42;1-6-7-8-9-10-21-42-28-18-14-26(15-19-28)33(39)43-30-20-11-24(23-31(30)41-5)22-29(34(40)44-35(2,3)4)37-32(38)25-12-16-27(36)17-13-25/h11-20,23,29H,6-10,21-22H2,1-5H3,(H,36,38);11-20,23,29H,6-10,21-22,36H2,1-5H3,(H,37,38). The van der Waals surface area contributed by atoms with Gasteiger partial charge >= 0.3 is 23.9 Å². The fraction of sp³-hybridized carbons (Fsp3) is 0.400. The molecule has 2 amide bonds. The number of hydrogen-bond donors (Lipinski definition) is 3. The van der Waals surface area contributed by atoms with Gasteiger partial charge in [-0.1, -0.05) is 77.3 Å². The van der Waals surface area contributed by atoms with Gasteiger partial charge in [-0.3, -0.25) is 19.7 Å². The molecule has 0 aliphatic heterocycles. The Labute approximate surface area is 527 Å². The van der Waals surface area contributed by atoms with Gasteiger partial charge in [0.15, 0.2) is 23.0 Å². The number of nitro groups is 1. The van der Waals surface area contributed by atoms with Crippen LogP contribution in [0.2, 0.25) is 0 Å². The number of carbonyl (C=O) groups is 6. The predicted octanol–water partition coefficient (Wildman–Crippen LogP) is 13.4. The van der Waals surface area contributed by atoms with Crippen molar-refractivity contribution in [3.63, 3.8) is 0 Å². The van der Waals surface area contributed by atoms with Crippen molar-refractivity contribution in [2.75, 3.05) is 33.2 Å². The highest BCUT2D eigenvalue weighted by Crippen LogP contribution is 2.32. The van der Waals surface area contributed by atoms with Gasteiger partial charge in [0.2, 0.25) is 0 Å². The number of rotatable bonds is 31. The molecule has 90 heavy (non-hydrogen) atoms. The Morgan fingerprint density at radius 2 is 0.833 bits per heavy atom. The molecule has 0 spiro atoms. The molecule has 6 aromatic rings. The van der Waals surface area contributed by atoms with Gasteiger partial charge in [-0.05, 0) is 175 Å². The number of nitrogens with zero attached hydrogens (tertiary/aromatic N) is 1. The molecule has 482 valence electrons. The molecule has 0 aliphatic carbocycles. The molecule has 6 rings (SSSR count). The molecule has 20 heteroatoms. The smallest absolute Gasteiger partial charge is 0.343 e. The van der Waals surface area contributed by atoms with Crippen LogP contribution in [0.1, 0.15) is 172 Å². The lowest BCUT2D eigenvalue weighted by atomic mass is 10.0. The van der Waals surface area contributed by atoms with Gasteiger partial charge in [0.1, 0.15) is 34.8 Å². The predicted molar refractivity (Wildman–Crippen MR) is 343 cm³/mol. The van der Waals surface area contributed by atoms with Crippen LogP contribution in [0.25, 0.3) is 0 Å². The third-order valence-electron chi connectivity index (χ3n) is 13.5. The second kappa shape index (κ2) is 35.5. The number of unbranched alkanes of at least 4 members (excludes halogenated alkanes) is 8. The van der Waals surface area contributed by atoms with E-state index < -0.39 is 63.9 Å². The zero-order valence-corrected chi connectivity index (χ0v) is 53.3. The normalized spacial score (nSPS) is 11.7. The fourth-order valence-corrected chi connectivity index (χ4v) is 8.79. The van der Waals surface area contributed by atoms with Crippen LogP contribution in [0.4, 0.5) is 11.4 Å². The number of hydrogen-bond acceptors (Lipinski definition) is 17. The molecule has 0 aromatic heterocycles. The van der Waals surface area contributed by atoms with Gasteiger partial charge < -0.3 is 54.3 Å². The Morgan fingerprint density at radius 3 is 1.18 bits per heavy atom. The molecule has 0 saturated carbocycles. The number of esters is 4. The number of nitrogen functional groups attached to an aromatic ring is 1. The van der Waals surface area contributed by atoms with Gasteiger partial charge in [0.25, 0.3) is 17.5 Å². The number of anilines is 1. The van der Waals surface area contributed by atoms with Crippen LogP contribution in [0, 0.1) is 10.1 Å². The highest BCUT2D eigenvalue weighted by atomic mass is 16.6. The second-order valence-electron chi connectivity index (χ2n) is 23.3. The average Bonchev–Trinajstić information content (AvgIpc) is 1.23. The first-order valence-corrected chi connectivity index (χ1v) is 30.3. The maximum atomic E-state index is 13.1. The first-order valence-electron chi connectivity index (χ1n) is 30.3. The summed E-state index contributed by atoms with van der Waals surface area (Å²) in [5.74, 6) is -1.12. The van der Waals surface area contributed by atoms with Gasteiger partial charge in [-0.2, -0.15) is 0 Å².